The minimum atomic E-state index is -0.359. The summed E-state index contributed by atoms with van der Waals surface area (Å²) in [6, 6.07) is 3.94. The number of benzene rings is 1. The summed E-state index contributed by atoms with van der Waals surface area (Å²) in [6.45, 7) is 4.03. The van der Waals surface area contributed by atoms with Crippen LogP contribution in [-0.4, -0.2) is 55.7 Å². The molecule has 2 heterocycles. The molecule has 1 aromatic carbocycles. The Hall–Kier alpha value is -2.71. The van der Waals surface area contributed by atoms with Crippen molar-refractivity contribution >= 4 is 17.5 Å². The molecule has 1 aliphatic heterocycles. The summed E-state index contributed by atoms with van der Waals surface area (Å²) in [6.07, 6.45) is 4.41. The van der Waals surface area contributed by atoms with Crippen molar-refractivity contribution in [3.8, 4) is 17.2 Å². The number of ether oxygens (including phenoxy) is 3. The Labute approximate surface area is 210 Å². The van der Waals surface area contributed by atoms with Gasteiger partial charge in [-0.1, -0.05) is 11.6 Å². The highest BCUT2D eigenvalue weighted by molar-refractivity contribution is 6.32. The first-order valence-corrected chi connectivity index (χ1v) is 12.4. The van der Waals surface area contributed by atoms with Gasteiger partial charge in [0.1, 0.15) is 18.5 Å². The summed E-state index contributed by atoms with van der Waals surface area (Å²) >= 11 is 6.57. The molecule has 2 N–H and O–H groups in total. The van der Waals surface area contributed by atoms with E-state index >= 15 is 0 Å². The number of pyridine rings is 1. The van der Waals surface area contributed by atoms with Crippen LogP contribution in [0.4, 0.5) is 0 Å². The largest absolute Gasteiger partial charge is 0.496 e. The Morgan fingerprint density at radius 2 is 1.91 bits per heavy atom. The lowest BCUT2D eigenvalue weighted by Gasteiger charge is -2.38. The maximum atomic E-state index is 13.0. The molecule has 0 bridgehead atoms. The van der Waals surface area contributed by atoms with Gasteiger partial charge in [0.25, 0.3) is 11.5 Å². The summed E-state index contributed by atoms with van der Waals surface area (Å²) < 4.78 is 17.8. The lowest BCUT2D eigenvalue weighted by Crippen LogP contribution is -2.41. The zero-order valence-corrected chi connectivity index (χ0v) is 21.8. The second kappa shape index (κ2) is 10.5. The number of aryl methyl sites for hydroxylation is 1. The average molecular weight is 504 g/mol. The zero-order valence-electron chi connectivity index (χ0n) is 21.0. The van der Waals surface area contributed by atoms with Crippen molar-refractivity contribution in [2.45, 2.75) is 58.2 Å². The molecule has 1 fully saturated rings. The lowest BCUT2D eigenvalue weighted by molar-refractivity contribution is 0.0242. The maximum absolute atomic E-state index is 13.0. The first-order valence-electron chi connectivity index (χ1n) is 12.0. The van der Waals surface area contributed by atoms with Gasteiger partial charge in [-0.3, -0.25) is 9.59 Å². The highest BCUT2D eigenvalue weighted by atomic mass is 35.5. The third-order valence-electron chi connectivity index (χ3n) is 7.22. The Morgan fingerprint density at radius 1 is 1.20 bits per heavy atom. The van der Waals surface area contributed by atoms with Crippen LogP contribution in [0.25, 0.3) is 0 Å². The van der Waals surface area contributed by atoms with Crippen molar-refractivity contribution in [2.24, 2.45) is 5.92 Å². The number of halogens is 1. The third-order valence-corrected chi connectivity index (χ3v) is 7.50. The number of aromatic nitrogens is 1. The smallest absolute Gasteiger partial charge is 0.256 e. The molecule has 2 aromatic rings. The predicted molar refractivity (Wildman–Crippen MR) is 135 cm³/mol. The van der Waals surface area contributed by atoms with Gasteiger partial charge < -0.3 is 29.4 Å². The minimum absolute atomic E-state index is 0.0147. The van der Waals surface area contributed by atoms with Crippen LogP contribution in [0.2, 0.25) is 5.02 Å². The van der Waals surface area contributed by atoms with Gasteiger partial charge in [-0.05, 0) is 71.7 Å². The molecule has 1 atom stereocenters. The first-order chi connectivity index (χ1) is 16.7. The third kappa shape index (κ3) is 5.28. The molecule has 2 aliphatic rings. The SMILES string of the molecule is COc1cc(C)[nH]c(=O)c1CNC(=O)c1cc(Cl)c2c(c1C)OCC(C1CCC(N(C)C)CC1)O2. The van der Waals surface area contributed by atoms with Crippen LogP contribution in [0.3, 0.4) is 0 Å². The summed E-state index contributed by atoms with van der Waals surface area (Å²) in [5.74, 6) is 1.49. The van der Waals surface area contributed by atoms with E-state index in [4.69, 9.17) is 25.8 Å². The topological polar surface area (TPSA) is 92.9 Å². The molecule has 1 aromatic heterocycles. The number of fused-ring (bicyclic) bond motifs is 1. The second-order valence-electron chi connectivity index (χ2n) is 9.70. The van der Waals surface area contributed by atoms with Crippen LogP contribution in [-0.2, 0) is 6.54 Å². The quantitative estimate of drug-likeness (QED) is 0.622. The number of hydrogen-bond acceptors (Lipinski definition) is 6. The molecule has 4 rings (SSSR count). The normalized spacial score (nSPS) is 21.6. The second-order valence-corrected chi connectivity index (χ2v) is 10.1. The van der Waals surface area contributed by atoms with E-state index in [0.717, 1.165) is 25.7 Å². The number of nitrogens with zero attached hydrogens (tertiary/aromatic N) is 1. The van der Waals surface area contributed by atoms with Gasteiger partial charge in [-0.25, -0.2) is 0 Å². The molecule has 190 valence electrons. The molecule has 0 spiro atoms. The van der Waals surface area contributed by atoms with E-state index < -0.39 is 0 Å². The molecule has 9 heteroatoms. The minimum Gasteiger partial charge on any atom is -0.496 e. The Morgan fingerprint density at radius 3 is 2.57 bits per heavy atom. The maximum Gasteiger partial charge on any atom is 0.256 e. The Bertz CT molecular complexity index is 1150. The lowest BCUT2D eigenvalue weighted by atomic mass is 9.82. The molecule has 1 unspecified atom stereocenters. The van der Waals surface area contributed by atoms with E-state index in [2.05, 4.69) is 29.3 Å². The Balaban J connectivity index is 1.47. The highest BCUT2D eigenvalue weighted by Crippen LogP contribution is 2.45. The number of methoxy groups -OCH3 is 1. The molecule has 1 aliphatic carbocycles. The predicted octanol–water partition coefficient (Wildman–Crippen LogP) is 3.84. The number of H-pyrrole nitrogens is 1. The van der Waals surface area contributed by atoms with Gasteiger partial charge in [0, 0.05) is 22.9 Å². The van der Waals surface area contributed by atoms with Crippen LogP contribution < -0.4 is 25.1 Å². The molecule has 1 amide bonds. The molecule has 35 heavy (non-hydrogen) atoms. The fraction of sp³-hybridized carbons (Fsp3) is 0.538. The number of carbonyl (C=O) groups is 1. The molecule has 0 saturated heterocycles. The van der Waals surface area contributed by atoms with E-state index in [-0.39, 0.29) is 24.1 Å². The van der Waals surface area contributed by atoms with Gasteiger partial charge in [0.05, 0.1) is 24.2 Å². The van der Waals surface area contributed by atoms with Crippen molar-refractivity contribution in [3.05, 3.63) is 49.9 Å². The molecular formula is C26H34ClN3O5. The van der Waals surface area contributed by atoms with Crippen molar-refractivity contribution in [1.29, 1.82) is 0 Å². The van der Waals surface area contributed by atoms with E-state index in [9.17, 15) is 9.59 Å². The van der Waals surface area contributed by atoms with Crippen molar-refractivity contribution in [3.63, 3.8) is 0 Å². The number of aromatic amines is 1. The molecular weight excluding hydrogens is 470 g/mol. The van der Waals surface area contributed by atoms with Gasteiger partial charge >= 0.3 is 0 Å². The fourth-order valence-electron chi connectivity index (χ4n) is 5.09. The van der Waals surface area contributed by atoms with Crippen molar-refractivity contribution in [1.82, 2.24) is 15.2 Å². The number of carbonyl (C=O) groups excluding carboxylic acids is 1. The van der Waals surface area contributed by atoms with E-state index in [1.54, 1.807) is 19.1 Å². The van der Waals surface area contributed by atoms with Gasteiger partial charge in [0.2, 0.25) is 0 Å². The van der Waals surface area contributed by atoms with Crippen LogP contribution in [0.1, 0.15) is 52.9 Å². The monoisotopic (exact) mass is 503 g/mol. The first kappa shape index (κ1) is 25.4. The van der Waals surface area contributed by atoms with E-state index in [1.165, 1.54) is 7.11 Å². The Kier molecular flexibility index (Phi) is 7.62. The van der Waals surface area contributed by atoms with Gasteiger partial charge in [0.15, 0.2) is 11.5 Å². The van der Waals surface area contributed by atoms with Gasteiger partial charge in [-0.2, -0.15) is 0 Å². The summed E-state index contributed by atoms with van der Waals surface area (Å²) in [4.78, 5) is 30.4. The van der Waals surface area contributed by atoms with Crippen LogP contribution in [0.5, 0.6) is 17.2 Å². The highest BCUT2D eigenvalue weighted by Gasteiger charge is 2.35. The average Bonchev–Trinajstić information content (AvgIpc) is 2.84. The van der Waals surface area contributed by atoms with Crippen LogP contribution in [0, 0.1) is 19.8 Å². The summed E-state index contributed by atoms with van der Waals surface area (Å²) in [5, 5.41) is 3.14. The number of nitrogens with one attached hydrogen (secondary N) is 2. The van der Waals surface area contributed by atoms with Gasteiger partial charge in [-0.15, -0.1) is 0 Å². The van der Waals surface area contributed by atoms with E-state index in [1.807, 2.05) is 6.92 Å². The summed E-state index contributed by atoms with van der Waals surface area (Å²) in [7, 11) is 5.76. The summed E-state index contributed by atoms with van der Waals surface area (Å²) in [5.41, 5.74) is 1.76. The van der Waals surface area contributed by atoms with Crippen LogP contribution >= 0.6 is 11.6 Å². The fourth-order valence-corrected chi connectivity index (χ4v) is 5.33. The molecule has 1 saturated carbocycles. The molecule has 0 radical (unpaired) electrons. The number of rotatable bonds is 6. The number of amides is 1. The van der Waals surface area contributed by atoms with Crippen molar-refractivity contribution in [2.75, 3.05) is 27.8 Å². The number of hydrogen-bond donors (Lipinski definition) is 2. The zero-order chi connectivity index (χ0) is 25.3. The molecule has 8 nitrogen and oxygen atoms in total. The van der Waals surface area contributed by atoms with Crippen molar-refractivity contribution < 1.29 is 19.0 Å². The van der Waals surface area contributed by atoms with Crippen LogP contribution in [0.15, 0.2) is 16.9 Å². The standard InChI is InChI=1S/C26H34ClN3O5/c1-14-10-21(33-5)19(26(32)29-14)12-28-25(31)18-11-20(27)24-23(15(18)2)34-13-22(35-24)16-6-8-17(9-7-16)30(3)4/h10-11,16-17,22H,6-9,12-13H2,1-5H3,(H,28,31)(H,29,32). The van der Waals surface area contributed by atoms with E-state index in [0.29, 0.717) is 63.2 Å².